The molecule has 1 aromatic heterocycles. The van der Waals surface area contributed by atoms with Gasteiger partial charge in [-0.2, -0.15) is 0 Å². The minimum absolute atomic E-state index is 0.136. The minimum atomic E-state index is -0.552. The maximum Gasteiger partial charge on any atom is 0.273 e. The Bertz CT molecular complexity index is 1080. The molecule has 0 unspecified atom stereocenters. The largest absolute Gasteiger partial charge is 0.494 e. The van der Waals surface area contributed by atoms with Gasteiger partial charge in [-0.25, -0.2) is 0 Å². The second-order valence-electron chi connectivity index (χ2n) is 6.35. The molecule has 3 rings (SSSR count). The second kappa shape index (κ2) is 9.92. The SMILES string of the molecule is COc1cc([N+](=O)[O-])ccc1NC(=O)CNc1ccccc1C(=O)NCc1ccco1. The van der Waals surface area contributed by atoms with Crippen molar-refractivity contribution < 1.29 is 23.7 Å². The number of anilines is 2. The highest BCUT2D eigenvalue weighted by Crippen LogP contribution is 2.29. The summed E-state index contributed by atoms with van der Waals surface area (Å²) in [4.78, 5) is 35.2. The number of carbonyl (C=O) groups is 2. The zero-order valence-corrected chi connectivity index (χ0v) is 16.6. The molecule has 10 nitrogen and oxygen atoms in total. The van der Waals surface area contributed by atoms with Crippen molar-refractivity contribution in [3.8, 4) is 5.75 Å². The van der Waals surface area contributed by atoms with Gasteiger partial charge in [0.1, 0.15) is 11.5 Å². The zero-order valence-electron chi connectivity index (χ0n) is 16.6. The molecule has 0 aliphatic rings. The predicted molar refractivity (Wildman–Crippen MR) is 113 cm³/mol. The quantitative estimate of drug-likeness (QED) is 0.354. The van der Waals surface area contributed by atoms with Gasteiger partial charge in [0.15, 0.2) is 0 Å². The van der Waals surface area contributed by atoms with Crippen LogP contribution >= 0.6 is 0 Å². The standard InChI is InChI=1S/C21H20N4O6/c1-30-19-11-14(25(28)29)8-9-18(19)24-20(26)13-22-17-7-3-2-6-16(17)21(27)23-12-15-5-4-10-31-15/h2-11,22H,12-13H2,1H3,(H,23,27)(H,24,26). The van der Waals surface area contributed by atoms with E-state index in [1.807, 2.05) is 0 Å². The van der Waals surface area contributed by atoms with Crippen LogP contribution in [-0.4, -0.2) is 30.4 Å². The summed E-state index contributed by atoms with van der Waals surface area (Å²) in [6.45, 7) is 0.100. The number of non-ortho nitro benzene ring substituents is 1. The number of para-hydroxylation sites is 1. The molecule has 3 aromatic rings. The lowest BCUT2D eigenvalue weighted by Gasteiger charge is -2.13. The Labute approximate surface area is 177 Å². The van der Waals surface area contributed by atoms with Crippen molar-refractivity contribution in [3.05, 3.63) is 82.3 Å². The number of nitro groups is 1. The third-order valence-corrected chi connectivity index (χ3v) is 4.28. The van der Waals surface area contributed by atoms with Gasteiger partial charge >= 0.3 is 0 Å². The van der Waals surface area contributed by atoms with E-state index in [1.54, 1.807) is 36.4 Å². The van der Waals surface area contributed by atoms with Crippen molar-refractivity contribution in [2.45, 2.75) is 6.54 Å². The molecule has 0 atom stereocenters. The van der Waals surface area contributed by atoms with Crippen molar-refractivity contribution in [1.29, 1.82) is 0 Å². The fraction of sp³-hybridized carbons (Fsp3) is 0.143. The van der Waals surface area contributed by atoms with E-state index < -0.39 is 10.8 Å². The number of nitrogens with one attached hydrogen (secondary N) is 3. The minimum Gasteiger partial charge on any atom is -0.494 e. The van der Waals surface area contributed by atoms with Gasteiger partial charge in [0.25, 0.3) is 11.6 Å². The van der Waals surface area contributed by atoms with Gasteiger partial charge in [-0.3, -0.25) is 19.7 Å². The fourth-order valence-electron chi connectivity index (χ4n) is 2.78. The molecule has 0 saturated heterocycles. The summed E-state index contributed by atoms with van der Waals surface area (Å²) in [6, 6.07) is 14.1. The first-order valence-corrected chi connectivity index (χ1v) is 9.23. The molecule has 31 heavy (non-hydrogen) atoms. The van der Waals surface area contributed by atoms with Gasteiger partial charge < -0.3 is 25.1 Å². The van der Waals surface area contributed by atoms with Gasteiger partial charge in [0, 0.05) is 11.8 Å². The van der Waals surface area contributed by atoms with Crippen molar-refractivity contribution >= 4 is 28.9 Å². The molecular formula is C21H20N4O6. The number of ether oxygens (including phenoxy) is 1. The Morgan fingerprint density at radius 1 is 1.10 bits per heavy atom. The van der Waals surface area contributed by atoms with Gasteiger partial charge in [0.05, 0.1) is 48.7 Å². The third-order valence-electron chi connectivity index (χ3n) is 4.28. The number of rotatable bonds is 9. The maximum absolute atomic E-state index is 12.5. The average Bonchev–Trinajstić information content (AvgIpc) is 3.30. The Balaban J connectivity index is 1.62. The monoisotopic (exact) mass is 424 g/mol. The third kappa shape index (κ3) is 5.60. The smallest absolute Gasteiger partial charge is 0.273 e. The van der Waals surface area contributed by atoms with Crippen LogP contribution in [0.15, 0.2) is 65.3 Å². The van der Waals surface area contributed by atoms with Crippen LogP contribution in [0.3, 0.4) is 0 Å². The van der Waals surface area contributed by atoms with Crippen LogP contribution in [0.2, 0.25) is 0 Å². The fourth-order valence-corrected chi connectivity index (χ4v) is 2.78. The van der Waals surface area contributed by atoms with E-state index in [4.69, 9.17) is 9.15 Å². The van der Waals surface area contributed by atoms with E-state index in [9.17, 15) is 19.7 Å². The highest BCUT2D eigenvalue weighted by atomic mass is 16.6. The van der Waals surface area contributed by atoms with E-state index in [-0.39, 0.29) is 30.4 Å². The highest BCUT2D eigenvalue weighted by Gasteiger charge is 2.15. The van der Waals surface area contributed by atoms with Gasteiger partial charge in [-0.05, 0) is 30.3 Å². The van der Waals surface area contributed by atoms with Crippen molar-refractivity contribution in [2.75, 3.05) is 24.3 Å². The molecule has 1 heterocycles. The molecule has 10 heteroatoms. The lowest BCUT2D eigenvalue weighted by atomic mass is 10.1. The molecule has 0 saturated carbocycles. The van der Waals surface area contributed by atoms with Crippen molar-refractivity contribution in [2.24, 2.45) is 0 Å². The van der Waals surface area contributed by atoms with Crippen molar-refractivity contribution in [1.82, 2.24) is 5.32 Å². The first-order chi connectivity index (χ1) is 15.0. The number of hydrogen-bond acceptors (Lipinski definition) is 7. The van der Waals surface area contributed by atoms with E-state index >= 15 is 0 Å². The van der Waals surface area contributed by atoms with E-state index in [2.05, 4.69) is 16.0 Å². The number of nitrogens with zero attached hydrogens (tertiary/aromatic N) is 1. The summed E-state index contributed by atoms with van der Waals surface area (Å²) < 4.78 is 10.3. The van der Waals surface area contributed by atoms with Crippen LogP contribution in [0.4, 0.5) is 17.1 Å². The molecule has 2 amide bonds. The molecule has 3 N–H and O–H groups in total. The number of carbonyl (C=O) groups excluding carboxylic acids is 2. The number of hydrogen-bond donors (Lipinski definition) is 3. The lowest BCUT2D eigenvalue weighted by Crippen LogP contribution is -2.26. The lowest BCUT2D eigenvalue weighted by molar-refractivity contribution is -0.384. The summed E-state index contributed by atoms with van der Waals surface area (Å²) in [7, 11) is 1.35. The van der Waals surface area contributed by atoms with E-state index in [1.165, 1.54) is 31.6 Å². The molecule has 0 radical (unpaired) electrons. The Morgan fingerprint density at radius 2 is 1.90 bits per heavy atom. The maximum atomic E-state index is 12.5. The topological polar surface area (TPSA) is 136 Å². The van der Waals surface area contributed by atoms with Crippen LogP contribution in [0, 0.1) is 10.1 Å². The average molecular weight is 424 g/mol. The number of amides is 2. The van der Waals surface area contributed by atoms with Crippen LogP contribution in [0.5, 0.6) is 5.75 Å². The molecule has 0 fully saturated rings. The first kappa shape index (κ1) is 21.4. The summed E-state index contributed by atoms with van der Waals surface area (Å²) in [5.74, 6) is 0.0466. The molecule has 2 aromatic carbocycles. The molecule has 0 aliphatic carbocycles. The normalized spacial score (nSPS) is 10.2. The Hall–Kier alpha value is -4.34. The van der Waals surface area contributed by atoms with Gasteiger partial charge in [-0.1, -0.05) is 12.1 Å². The van der Waals surface area contributed by atoms with E-state index in [0.29, 0.717) is 22.7 Å². The number of benzene rings is 2. The van der Waals surface area contributed by atoms with E-state index in [0.717, 1.165) is 0 Å². The van der Waals surface area contributed by atoms with Crippen LogP contribution in [0.1, 0.15) is 16.1 Å². The summed E-state index contributed by atoms with van der Waals surface area (Å²) in [5, 5.41) is 19.2. The van der Waals surface area contributed by atoms with Crippen LogP contribution in [-0.2, 0) is 11.3 Å². The second-order valence-corrected chi connectivity index (χ2v) is 6.35. The summed E-state index contributed by atoms with van der Waals surface area (Å²) in [6.07, 6.45) is 1.52. The number of furan rings is 1. The predicted octanol–water partition coefficient (Wildman–Crippen LogP) is 3.18. The van der Waals surface area contributed by atoms with Gasteiger partial charge in [0.2, 0.25) is 5.91 Å². The van der Waals surface area contributed by atoms with Crippen LogP contribution in [0.25, 0.3) is 0 Å². The molecule has 0 spiro atoms. The molecule has 160 valence electrons. The van der Waals surface area contributed by atoms with Crippen LogP contribution < -0.4 is 20.7 Å². The summed E-state index contributed by atoms with van der Waals surface area (Å²) in [5.41, 5.74) is 0.992. The molecule has 0 bridgehead atoms. The molecular weight excluding hydrogens is 404 g/mol. The van der Waals surface area contributed by atoms with Crippen molar-refractivity contribution in [3.63, 3.8) is 0 Å². The Kier molecular flexibility index (Phi) is 6.84. The van der Waals surface area contributed by atoms with Gasteiger partial charge in [-0.15, -0.1) is 0 Å². The summed E-state index contributed by atoms with van der Waals surface area (Å²) >= 11 is 0. The highest BCUT2D eigenvalue weighted by molar-refractivity contribution is 6.01. The molecule has 0 aliphatic heterocycles. The zero-order chi connectivity index (χ0) is 22.2. The first-order valence-electron chi connectivity index (χ1n) is 9.23. The number of nitro benzene ring substituents is 1. The number of methoxy groups -OCH3 is 1. The Morgan fingerprint density at radius 3 is 2.61 bits per heavy atom.